The number of thioether (sulfide) groups is 1. The topological polar surface area (TPSA) is 37.3 Å². The zero-order valence-electron chi connectivity index (χ0n) is 11.0. The maximum Gasteiger partial charge on any atom is 0.303 e. The van der Waals surface area contributed by atoms with Crippen LogP contribution in [0.5, 0.6) is 0 Å². The van der Waals surface area contributed by atoms with Crippen LogP contribution in [0.25, 0.3) is 0 Å². The fourth-order valence-corrected chi connectivity index (χ4v) is 3.25. The number of rotatable bonds is 6. The van der Waals surface area contributed by atoms with Crippen molar-refractivity contribution in [2.24, 2.45) is 5.41 Å². The Morgan fingerprint density at radius 2 is 1.94 bits per heavy atom. The lowest BCUT2D eigenvalue weighted by Crippen LogP contribution is -2.10. The summed E-state index contributed by atoms with van der Waals surface area (Å²) in [7, 11) is 0. The van der Waals surface area contributed by atoms with Crippen LogP contribution in [0, 0.1) is 5.41 Å². The molecule has 3 heteroatoms. The lowest BCUT2D eigenvalue weighted by Gasteiger charge is -2.12. The van der Waals surface area contributed by atoms with Crippen molar-refractivity contribution in [3.8, 4) is 0 Å². The quantitative estimate of drug-likeness (QED) is 0.784. The third kappa shape index (κ3) is 3.52. The van der Waals surface area contributed by atoms with E-state index in [1.807, 2.05) is 0 Å². The molecule has 0 aliphatic heterocycles. The van der Waals surface area contributed by atoms with Crippen LogP contribution in [-0.2, 0) is 4.79 Å². The molecule has 0 atom stereocenters. The highest BCUT2D eigenvalue weighted by Crippen LogP contribution is 2.51. The standard InChI is InChI=1S/C15H20O2S/c1-11(2)12-3-5-13(6-4-12)18-10-15(7-8-15)9-14(16)17/h3-6,11H,7-10H2,1-2H3,(H,16,17). The summed E-state index contributed by atoms with van der Waals surface area (Å²) in [6, 6.07) is 8.64. The molecule has 1 aromatic carbocycles. The number of hydrogen-bond acceptors (Lipinski definition) is 2. The summed E-state index contributed by atoms with van der Waals surface area (Å²) in [5.41, 5.74) is 1.43. The van der Waals surface area contributed by atoms with E-state index in [9.17, 15) is 4.79 Å². The van der Waals surface area contributed by atoms with Crippen LogP contribution >= 0.6 is 11.8 Å². The minimum atomic E-state index is -0.664. The van der Waals surface area contributed by atoms with Crippen LogP contribution in [0.15, 0.2) is 29.2 Å². The Hall–Kier alpha value is -0.960. The Morgan fingerprint density at radius 1 is 1.33 bits per heavy atom. The molecule has 2 nitrogen and oxygen atoms in total. The summed E-state index contributed by atoms with van der Waals surface area (Å²) in [5.74, 6) is 0.828. The number of carbonyl (C=O) groups is 1. The molecule has 1 aliphatic rings. The summed E-state index contributed by atoms with van der Waals surface area (Å²) < 4.78 is 0. The van der Waals surface area contributed by atoms with E-state index in [1.165, 1.54) is 10.5 Å². The summed E-state index contributed by atoms with van der Waals surface area (Å²) in [5, 5.41) is 8.87. The molecule has 0 amide bonds. The van der Waals surface area contributed by atoms with Gasteiger partial charge in [-0.3, -0.25) is 4.79 Å². The highest BCUT2D eigenvalue weighted by atomic mass is 32.2. The van der Waals surface area contributed by atoms with Gasteiger partial charge in [0.15, 0.2) is 0 Å². The summed E-state index contributed by atoms with van der Waals surface area (Å²) in [6.45, 7) is 4.38. The molecule has 0 heterocycles. The average Bonchev–Trinajstić information content (AvgIpc) is 3.06. The SMILES string of the molecule is CC(C)c1ccc(SCC2(CC(=O)O)CC2)cc1. The van der Waals surface area contributed by atoms with E-state index in [1.54, 1.807) is 11.8 Å². The molecule has 0 spiro atoms. The highest BCUT2D eigenvalue weighted by molar-refractivity contribution is 7.99. The first-order chi connectivity index (χ1) is 8.51. The molecular formula is C15H20O2S. The second-order valence-electron chi connectivity index (χ2n) is 5.58. The molecule has 1 aliphatic carbocycles. The van der Waals surface area contributed by atoms with Gasteiger partial charge in [0.05, 0.1) is 6.42 Å². The number of hydrogen-bond donors (Lipinski definition) is 1. The first-order valence-electron chi connectivity index (χ1n) is 6.45. The molecule has 98 valence electrons. The monoisotopic (exact) mass is 264 g/mol. The first-order valence-corrected chi connectivity index (χ1v) is 7.44. The Kier molecular flexibility index (Phi) is 4.00. The number of carboxylic acids is 1. The molecule has 2 rings (SSSR count). The molecular weight excluding hydrogens is 244 g/mol. The number of benzene rings is 1. The minimum Gasteiger partial charge on any atom is -0.481 e. The maximum absolute atomic E-state index is 10.8. The van der Waals surface area contributed by atoms with E-state index in [2.05, 4.69) is 38.1 Å². The van der Waals surface area contributed by atoms with E-state index in [0.717, 1.165) is 18.6 Å². The van der Waals surface area contributed by atoms with Crippen LogP contribution in [0.2, 0.25) is 0 Å². The molecule has 1 fully saturated rings. The summed E-state index contributed by atoms with van der Waals surface area (Å²) in [4.78, 5) is 12.0. The van der Waals surface area contributed by atoms with Crippen LogP contribution in [0.4, 0.5) is 0 Å². The predicted octanol–water partition coefficient (Wildman–Crippen LogP) is 4.16. The highest BCUT2D eigenvalue weighted by Gasteiger charge is 2.44. The van der Waals surface area contributed by atoms with Crippen molar-refractivity contribution in [3.63, 3.8) is 0 Å². The van der Waals surface area contributed by atoms with Crippen molar-refractivity contribution in [2.75, 3.05) is 5.75 Å². The number of aliphatic carboxylic acids is 1. The Bertz CT molecular complexity index is 419. The maximum atomic E-state index is 10.8. The van der Waals surface area contributed by atoms with Crippen LogP contribution in [0.1, 0.15) is 44.6 Å². The van der Waals surface area contributed by atoms with E-state index < -0.39 is 5.97 Å². The summed E-state index contributed by atoms with van der Waals surface area (Å²) >= 11 is 1.79. The van der Waals surface area contributed by atoms with Gasteiger partial charge in [0.25, 0.3) is 0 Å². The van der Waals surface area contributed by atoms with Gasteiger partial charge in [0, 0.05) is 10.6 Å². The third-order valence-electron chi connectivity index (χ3n) is 3.58. The van der Waals surface area contributed by atoms with Crippen molar-refractivity contribution in [1.29, 1.82) is 0 Å². The molecule has 0 aromatic heterocycles. The second kappa shape index (κ2) is 5.35. The lowest BCUT2D eigenvalue weighted by molar-refractivity contribution is -0.138. The van der Waals surface area contributed by atoms with Crippen molar-refractivity contribution in [3.05, 3.63) is 29.8 Å². The molecule has 1 N–H and O–H groups in total. The molecule has 18 heavy (non-hydrogen) atoms. The Labute approximate surface area is 113 Å². The lowest BCUT2D eigenvalue weighted by atomic mass is 10.0. The molecule has 0 unspecified atom stereocenters. The normalized spacial score (nSPS) is 16.8. The van der Waals surface area contributed by atoms with Gasteiger partial charge in [0.2, 0.25) is 0 Å². The van der Waals surface area contributed by atoms with Crippen LogP contribution in [-0.4, -0.2) is 16.8 Å². The van der Waals surface area contributed by atoms with Gasteiger partial charge in [0.1, 0.15) is 0 Å². The fourth-order valence-electron chi connectivity index (χ4n) is 2.06. The third-order valence-corrected chi connectivity index (χ3v) is 4.94. The van der Waals surface area contributed by atoms with Gasteiger partial charge in [-0.2, -0.15) is 0 Å². The van der Waals surface area contributed by atoms with Crippen LogP contribution < -0.4 is 0 Å². The van der Waals surface area contributed by atoms with Gasteiger partial charge in [-0.05, 0) is 41.9 Å². The molecule has 0 saturated heterocycles. The molecule has 0 radical (unpaired) electrons. The fraction of sp³-hybridized carbons (Fsp3) is 0.533. The predicted molar refractivity (Wildman–Crippen MR) is 75.2 cm³/mol. The summed E-state index contributed by atoms with van der Waals surface area (Å²) in [6.07, 6.45) is 2.46. The minimum absolute atomic E-state index is 0.0766. The van der Waals surface area contributed by atoms with Gasteiger partial charge >= 0.3 is 5.97 Å². The first kappa shape index (κ1) is 13.5. The number of carboxylic acid groups (broad SMARTS) is 1. The zero-order valence-corrected chi connectivity index (χ0v) is 11.8. The van der Waals surface area contributed by atoms with Gasteiger partial charge in [-0.1, -0.05) is 26.0 Å². The van der Waals surface area contributed by atoms with Crippen molar-refractivity contribution in [1.82, 2.24) is 0 Å². The Balaban J connectivity index is 1.89. The average molecular weight is 264 g/mol. The molecule has 1 aromatic rings. The largest absolute Gasteiger partial charge is 0.481 e. The van der Waals surface area contributed by atoms with E-state index >= 15 is 0 Å². The second-order valence-corrected chi connectivity index (χ2v) is 6.63. The van der Waals surface area contributed by atoms with Crippen molar-refractivity contribution < 1.29 is 9.90 Å². The van der Waals surface area contributed by atoms with Crippen LogP contribution in [0.3, 0.4) is 0 Å². The van der Waals surface area contributed by atoms with E-state index in [-0.39, 0.29) is 5.41 Å². The van der Waals surface area contributed by atoms with Gasteiger partial charge in [-0.25, -0.2) is 0 Å². The van der Waals surface area contributed by atoms with Gasteiger partial charge in [-0.15, -0.1) is 11.8 Å². The van der Waals surface area contributed by atoms with E-state index in [4.69, 9.17) is 5.11 Å². The smallest absolute Gasteiger partial charge is 0.303 e. The van der Waals surface area contributed by atoms with Crippen molar-refractivity contribution >= 4 is 17.7 Å². The van der Waals surface area contributed by atoms with E-state index in [0.29, 0.717) is 12.3 Å². The Morgan fingerprint density at radius 3 is 2.39 bits per heavy atom. The molecule has 0 bridgehead atoms. The molecule has 1 saturated carbocycles. The zero-order chi connectivity index (χ0) is 13.2. The van der Waals surface area contributed by atoms with Gasteiger partial charge < -0.3 is 5.11 Å². The van der Waals surface area contributed by atoms with Crippen molar-refractivity contribution in [2.45, 2.75) is 43.9 Å².